The maximum atomic E-state index is 11.8. The first-order valence-electron chi connectivity index (χ1n) is 9.29. The van der Waals surface area contributed by atoms with Crippen molar-refractivity contribution in [2.24, 2.45) is 0 Å². The average molecular weight is 571 g/mol. The molecule has 0 aliphatic rings. The maximum absolute atomic E-state index is 11.8. The summed E-state index contributed by atoms with van der Waals surface area (Å²) in [5.74, 6) is -1.83. The maximum Gasteiger partial charge on any atom is 0.448 e. The van der Waals surface area contributed by atoms with E-state index in [1.165, 1.54) is 25.3 Å². The molecule has 0 amide bonds. The SMILES string of the molecule is COOOSOc1cc(O)c2c(O)c(Cc3ccc(OS(=O)(=O)OC)c(OS(=O)(=O)OC)c3)oc2c1. The average Bonchev–Trinajstić information content (AvgIpc) is 3.13. The number of aromatic hydroxyl groups is 2. The Morgan fingerprint density at radius 1 is 0.917 bits per heavy atom. The van der Waals surface area contributed by atoms with Gasteiger partial charge in [-0.3, -0.25) is 0 Å². The summed E-state index contributed by atoms with van der Waals surface area (Å²) in [5.41, 5.74) is 0.319. The number of furan rings is 1. The van der Waals surface area contributed by atoms with E-state index in [9.17, 15) is 27.0 Å². The summed E-state index contributed by atoms with van der Waals surface area (Å²) < 4.78 is 79.9. The van der Waals surface area contributed by atoms with Crippen LogP contribution in [0.2, 0.25) is 0 Å². The van der Waals surface area contributed by atoms with Crippen LogP contribution in [0, 0.1) is 0 Å². The Balaban J connectivity index is 1.93. The molecule has 1 heterocycles. The largest absolute Gasteiger partial charge is 0.507 e. The summed E-state index contributed by atoms with van der Waals surface area (Å²) in [5, 5.41) is 25.0. The molecule has 0 saturated heterocycles. The zero-order chi connectivity index (χ0) is 26.5. The number of phenolic OH excluding ortho intramolecular Hbond substituents is 1. The fourth-order valence-electron chi connectivity index (χ4n) is 2.75. The van der Waals surface area contributed by atoms with Crippen molar-refractivity contribution < 1.29 is 66.6 Å². The molecule has 0 bridgehead atoms. The lowest BCUT2D eigenvalue weighted by atomic mass is 10.1. The van der Waals surface area contributed by atoms with Crippen LogP contribution in [0.15, 0.2) is 34.7 Å². The molecule has 0 atom stereocenters. The number of hydrogen-bond acceptors (Lipinski definition) is 16. The molecule has 2 aromatic carbocycles. The van der Waals surface area contributed by atoms with Gasteiger partial charge in [0.2, 0.25) is 0 Å². The van der Waals surface area contributed by atoms with E-state index in [1.807, 2.05) is 0 Å². The first kappa shape index (κ1) is 27.6. The molecule has 0 radical (unpaired) electrons. The molecule has 198 valence electrons. The minimum atomic E-state index is -4.56. The predicted octanol–water partition coefficient (Wildman–Crippen LogP) is 2.43. The van der Waals surface area contributed by atoms with Crippen molar-refractivity contribution in [2.75, 3.05) is 21.3 Å². The van der Waals surface area contributed by atoms with Gasteiger partial charge in [0.05, 0.1) is 21.3 Å². The second kappa shape index (κ2) is 11.4. The zero-order valence-corrected chi connectivity index (χ0v) is 21.0. The third-order valence-corrected chi connectivity index (χ3v) is 6.16. The van der Waals surface area contributed by atoms with Gasteiger partial charge in [-0.15, -0.1) is 0 Å². The predicted molar refractivity (Wildman–Crippen MR) is 119 cm³/mol. The standard InChI is InChI=1S/C18H18O15S3/c1-25-32-33-34-29-11-8-12(19)17-15(9-11)28-16(18(17)20)7-10-4-5-13(30-35(21,22)26-2)14(6-10)31-36(23,24)27-3/h4-6,8-9,19-20H,7H2,1-3H3. The van der Waals surface area contributed by atoms with Crippen molar-refractivity contribution in [3.05, 3.63) is 41.7 Å². The van der Waals surface area contributed by atoms with Gasteiger partial charge < -0.3 is 27.2 Å². The van der Waals surface area contributed by atoms with E-state index >= 15 is 0 Å². The van der Waals surface area contributed by atoms with E-state index in [0.717, 1.165) is 26.4 Å². The zero-order valence-electron chi connectivity index (χ0n) is 18.5. The quantitative estimate of drug-likeness (QED) is 0.131. The molecule has 0 spiro atoms. The summed E-state index contributed by atoms with van der Waals surface area (Å²) in [7, 11) is -6.20. The molecule has 36 heavy (non-hydrogen) atoms. The molecule has 0 saturated carbocycles. The summed E-state index contributed by atoms with van der Waals surface area (Å²) in [6, 6.07) is 6.07. The molecule has 0 unspecified atom stereocenters. The topological polar surface area (TPSA) is 196 Å². The molecule has 3 rings (SSSR count). The monoisotopic (exact) mass is 570 g/mol. The Labute approximate surface area is 208 Å². The van der Waals surface area contributed by atoms with Gasteiger partial charge in [0.1, 0.15) is 22.5 Å². The minimum absolute atomic E-state index is 0.0269. The van der Waals surface area contributed by atoms with Crippen LogP contribution in [0.25, 0.3) is 11.0 Å². The van der Waals surface area contributed by atoms with E-state index in [2.05, 4.69) is 26.8 Å². The first-order chi connectivity index (χ1) is 17.0. The Morgan fingerprint density at radius 2 is 1.58 bits per heavy atom. The fraction of sp³-hybridized carbons (Fsp3) is 0.222. The molecule has 3 aromatic rings. The molecule has 2 N–H and O–H groups in total. The van der Waals surface area contributed by atoms with E-state index in [0.29, 0.717) is 12.3 Å². The lowest BCUT2D eigenvalue weighted by Crippen LogP contribution is -2.14. The van der Waals surface area contributed by atoms with E-state index in [4.69, 9.17) is 12.8 Å². The van der Waals surface area contributed by atoms with E-state index in [-0.39, 0.29) is 40.2 Å². The molecule has 1 aromatic heterocycles. The highest BCUT2D eigenvalue weighted by Gasteiger charge is 2.23. The van der Waals surface area contributed by atoms with Gasteiger partial charge >= 0.3 is 20.8 Å². The lowest BCUT2D eigenvalue weighted by molar-refractivity contribution is -0.448. The van der Waals surface area contributed by atoms with E-state index < -0.39 is 38.0 Å². The van der Waals surface area contributed by atoms with Crippen LogP contribution >= 0.6 is 12.3 Å². The smallest absolute Gasteiger partial charge is 0.448 e. The highest BCUT2D eigenvalue weighted by Crippen LogP contribution is 2.42. The third kappa shape index (κ3) is 6.83. The number of hydrogen-bond donors (Lipinski definition) is 2. The molecule has 0 fully saturated rings. The molecular formula is C18H18O15S3. The Bertz CT molecular complexity index is 1430. The summed E-state index contributed by atoms with van der Waals surface area (Å²) >= 11 is 0.377. The van der Waals surface area contributed by atoms with Crippen molar-refractivity contribution >= 4 is 44.1 Å². The van der Waals surface area contributed by atoms with Gasteiger partial charge in [-0.25, -0.2) is 13.3 Å². The summed E-state index contributed by atoms with van der Waals surface area (Å²) in [4.78, 5) is 4.21. The normalized spacial score (nSPS) is 12.1. The molecule has 0 aliphatic heterocycles. The highest BCUT2D eigenvalue weighted by atomic mass is 32.3. The summed E-state index contributed by atoms with van der Waals surface area (Å²) in [6.45, 7) is 0. The van der Waals surface area contributed by atoms with Crippen molar-refractivity contribution in [2.45, 2.75) is 6.42 Å². The van der Waals surface area contributed by atoms with Crippen molar-refractivity contribution in [1.82, 2.24) is 0 Å². The van der Waals surface area contributed by atoms with Gasteiger partial charge in [0, 0.05) is 18.6 Å². The van der Waals surface area contributed by atoms with Gasteiger partial charge in [-0.2, -0.15) is 16.8 Å². The van der Waals surface area contributed by atoms with Crippen LogP contribution in [0.3, 0.4) is 0 Å². The van der Waals surface area contributed by atoms with Crippen LogP contribution in [-0.2, 0) is 49.8 Å². The van der Waals surface area contributed by atoms with Crippen molar-refractivity contribution in [3.63, 3.8) is 0 Å². The molecular weight excluding hydrogens is 552 g/mol. The Morgan fingerprint density at radius 3 is 2.22 bits per heavy atom. The van der Waals surface area contributed by atoms with Gasteiger partial charge in [-0.05, 0) is 17.7 Å². The van der Waals surface area contributed by atoms with Crippen molar-refractivity contribution in [3.8, 4) is 28.7 Å². The second-order valence-electron chi connectivity index (χ2n) is 6.42. The van der Waals surface area contributed by atoms with Crippen LogP contribution in [0.1, 0.15) is 11.3 Å². The number of rotatable bonds is 13. The van der Waals surface area contributed by atoms with Crippen molar-refractivity contribution in [1.29, 1.82) is 0 Å². The van der Waals surface area contributed by atoms with Gasteiger partial charge in [-0.1, -0.05) is 15.4 Å². The highest BCUT2D eigenvalue weighted by molar-refractivity contribution is 7.90. The van der Waals surface area contributed by atoms with Gasteiger partial charge in [0.25, 0.3) is 12.3 Å². The minimum Gasteiger partial charge on any atom is -0.507 e. The van der Waals surface area contributed by atoms with Crippen LogP contribution in [0.4, 0.5) is 0 Å². The number of fused-ring (bicyclic) bond motifs is 1. The first-order valence-corrected chi connectivity index (χ1v) is 12.6. The second-order valence-corrected chi connectivity index (χ2v) is 9.49. The van der Waals surface area contributed by atoms with E-state index in [1.54, 1.807) is 0 Å². The number of benzene rings is 2. The van der Waals surface area contributed by atoms with Crippen LogP contribution in [0.5, 0.6) is 28.7 Å². The van der Waals surface area contributed by atoms with Crippen LogP contribution in [-0.4, -0.2) is 48.4 Å². The Kier molecular flexibility index (Phi) is 8.74. The molecule has 15 nitrogen and oxygen atoms in total. The molecule has 18 heteroatoms. The third-order valence-electron chi connectivity index (χ3n) is 4.21. The summed E-state index contributed by atoms with van der Waals surface area (Å²) in [6.07, 6.45) is -0.156. The number of phenols is 1. The Hall–Kier alpha value is -2.97. The lowest BCUT2D eigenvalue weighted by Gasteiger charge is -2.12. The van der Waals surface area contributed by atoms with Gasteiger partial charge in [0.15, 0.2) is 23.0 Å². The fourth-order valence-corrected chi connectivity index (χ4v) is 3.87. The molecule has 0 aliphatic carbocycles. The van der Waals surface area contributed by atoms with Crippen LogP contribution < -0.4 is 12.5 Å².